The van der Waals surface area contributed by atoms with E-state index in [1.807, 2.05) is 31.2 Å². The fraction of sp³-hybridized carbons (Fsp3) is 0.768. The lowest BCUT2D eigenvalue weighted by Crippen LogP contribution is -2.51. The number of aliphatic imine (C=N–C) groups is 1. The molecule has 4 rings (SSSR count). The quantitative estimate of drug-likeness (QED) is 0.0357. The summed E-state index contributed by atoms with van der Waals surface area (Å²) in [6.07, 6.45) is 1.61. The summed E-state index contributed by atoms with van der Waals surface area (Å²) in [6.45, 7) is 25.4. The number of benzene rings is 2. The van der Waals surface area contributed by atoms with Crippen LogP contribution in [0.4, 0.5) is 5.69 Å². The fourth-order valence-electron chi connectivity index (χ4n) is 10.4. The van der Waals surface area contributed by atoms with Gasteiger partial charge in [-0.15, -0.1) is 0 Å². The zero-order chi connectivity index (χ0) is 85.6. The molecule has 0 radical (unpaired) electrons. The number of nitrogens with zero attached hydrogens (tertiary/aromatic N) is 3. The van der Waals surface area contributed by atoms with Gasteiger partial charge in [-0.05, 0) is 41.8 Å². The highest BCUT2D eigenvalue weighted by Gasteiger charge is 2.36. The summed E-state index contributed by atoms with van der Waals surface area (Å²) in [5.74, 6) is 5.72. The summed E-state index contributed by atoms with van der Waals surface area (Å²) in [5.41, 5.74) is 9.49. The van der Waals surface area contributed by atoms with Crippen molar-refractivity contribution in [2.45, 2.75) is 43.8 Å². The zero-order valence-electron chi connectivity index (χ0n) is 70.7. The number of nitrogens with one attached hydrogen (secondary N) is 1. The van der Waals surface area contributed by atoms with Crippen LogP contribution in [0.1, 0.15) is 38.2 Å². The zero-order valence-corrected chi connectivity index (χ0v) is 71.5. The van der Waals surface area contributed by atoms with Gasteiger partial charge in [0, 0.05) is 62.6 Å². The van der Waals surface area contributed by atoms with E-state index < -0.39 is 16.3 Å². The van der Waals surface area contributed by atoms with E-state index in [0.717, 1.165) is 5.56 Å². The van der Waals surface area contributed by atoms with Gasteiger partial charge in [-0.2, -0.15) is 4.31 Å². The first kappa shape index (κ1) is 107. The third-order valence-corrected chi connectivity index (χ3v) is 18.6. The molecule has 2 aromatic rings. The molecule has 6 N–H and O–H groups in total. The van der Waals surface area contributed by atoms with Gasteiger partial charge in [-0.25, -0.2) is 13.4 Å². The Morgan fingerprint density at radius 2 is 0.775 bits per heavy atom. The lowest BCUT2D eigenvalue weighted by molar-refractivity contribution is -0.126. The topological polar surface area (TPSA) is 417 Å². The molecule has 0 aromatic heterocycles. The summed E-state index contributed by atoms with van der Waals surface area (Å²) in [4.78, 5) is 32.7. The van der Waals surface area contributed by atoms with E-state index in [-0.39, 0.29) is 93.7 Å². The number of amides is 2. The Kier molecular flexibility index (Phi) is 69.3. The van der Waals surface area contributed by atoms with E-state index in [9.17, 15) is 23.1 Å². The monoisotopic (exact) mass is 1740 g/mol. The van der Waals surface area contributed by atoms with Crippen LogP contribution >= 0.6 is 0 Å². The molecule has 0 aliphatic carbocycles. The second kappa shape index (κ2) is 77.5. The highest BCUT2D eigenvalue weighted by molar-refractivity contribution is 7.89. The largest absolute Gasteiger partial charge is 0.396 e. The van der Waals surface area contributed by atoms with E-state index >= 15 is 0 Å². The van der Waals surface area contributed by atoms with Gasteiger partial charge in [0.2, 0.25) is 15.9 Å². The van der Waals surface area contributed by atoms with Crippen LogP contribution in [-0.2, 0) is 138 Å². The number of nitrogens with two attached hydrogens (primary N) is 1. The molecule has 1 saturated heterocycles. The van der Waals surface area contributed by atoms with Crippen LogP contribution in [0.5, 0.6) is 0 Å². The molecular formula is C82H139N5O32S. The van der Waals surface area contributed by atoms with Gasteiger partial charge in [-0.3, -0.25) is 9.59 Å². The van der Waals surface area contributed by atoms with Crippen molar-refractivity contribution in [3.8, 4) is 23.0 Å². The molecule has 2 aliphatic rings. The lowest BCUT2D eigenvalue weighted by atomic mass is 10.0. The van der Waals surface area contributed by atoms with Crippen molar-refractivity contribution in [2.75, 3.05) is 370 Å². The number of aliphatic hydroxyl groups excluding tert-OH is 2. The standard InChI is InChI=1S/C82H139N5O32S/c1-2-13-86(82(92)76-65-75-9-8-74(67-78(75)85-79(83)68-76)73-6-5-7-77(66-73)120(93,94)87-69-72(70-87)71-88)14-4-3-12-84-80(89)10-15-95-17-19-97-21-23-99-25-27-101-29-31-103-33-35-105-37-39-107-41-43-109-45-47-111-49-51-113-53-55-115-57-59-117-61-63-119-64-62-118-60-58-116-56-54-114-52-50-112-48-46-110-44-42-108-40-38-106-36-34-104-32-30-102-28-26-100-24-22-98-20-18-96-16-11-81(90)91/h5-9,65-67,72,81,88,90-91H,2,10-64,68-71H2,1H3,(H2,83,85)(H,84,89). The Morgan fingerprint density at radius 1 is 0.458 bits per heavy atom. The summed E-state index contributed by atoms with van der Waals surface area (Å²) in [5, 5.41) is 29.6. The van der Waals surface area contributed by atoms with E-state index in [2.05, 4.69) is 22.2 Å². The number of carbonyl (C=O) groups is 2. The minimum atomic E-state index is -3.71. The van der Waals surface area contributed by atoms with Crippen LogP contribution in [0.25, 0.3) is 17.2 Å². The molecule has 690 valence electrons. The smallest absolute Gasteiger partial charge is 0.251 e. The molecule has 38 heteroatoms. The number of sulfonamides is 1. The normalized spacial score (nSPS) is 13.2. The first-order valence-electron chi connectivity index (χ1n) is 41.7. The van der Waals surface area contributed by atoms with Crippen LogP contribution in [0.3, 0.4) is 0 Å². The van der Waals surface area contributed by atoms with Gasteiger partial charge in [0.25, 0.3) is 5.91 Å². The second-order valence-corrected chi connectivity index (χ2v) is 28.2. The molecule has 2 amide bonds. The Labute approximate surface area is 709 Å². The van der Waals surface area contributed by atoms with Crippen LogP contribution in [0.15, 0.2) is 57.9 Å². The van der Waals surface area contributed by atoms with E-state index in [1.54, 1.807) is 29.2 Å². The molecule has 0 atom stereocenters. The molecule has 2 aliphatic heterocycles. The summed E-state index contributed by atoms with van der Waals surface area (Å²) >= 11 is 0. The third-order valence-electron chi connectivity index (χ3n) is 16.7. The van der Waals surface area contributed by atoms with E-state index in [1.165, 1.54) is 4.31 Å². The molecule has 37 nitrogen and oxygen atoms in total. The minimum Gasteiger partial charge on any atom is -0.396 e. The maximum atomic E-state index is 13.9. The van der Waals surface area contributed by atoms with Gasteiger partial charge in [-0.1, -0.05) is 43.0 Å². The van der Waals surface area contributed by atoms with Gasteiger partial charge < -0.3 is 150 Å². The van der Waals surface area contributed by atoms with Crippen LogP contribution < -0.4 is 11.1 Å². The molecule has 0 spiro atoms. The number of aliphatic hydroxyl groups is 3. The average Bonchev–Trinajstić information content (AvgIpc) is 0.886. The number of hydrogen-bond donors (Lipinski definition) is 5. The molecule has 0 saturated carbocycles. The van der Waals surface area contributed by atoms with Crippen LogP contribution in [-0.4, -0.2) is 427 Å². The Hall–Kier alpha value is -5.06. The average molecular weight is 1740 g/mol. The predicted octanol–water partition coefficient (Wildman–Crippen LogP) is 1.61. The molecule has 120 heavy (non-hydrogen) atoms. The number of fused-ring (bicyclic) bond motifs is 1. The number of hydrogen-bond acceptors (Lipinski definition) is 34. The maximum Gasteiger partial charge on any atom is 0.251 e. The predicted molar refractivity (Wildman–Crippen MR) is 441 cm³/mol. The second-order valence-electron chi connectivity index (χ2n) is 26.3. The Balaban J connectivity index is 0.752. The highest BCUT2D eigenvalue weighted by atomic mass is 32.2. The molecular weight excluding hydrogens is 1600 g/mol. The van der Waals surface area contributed by atoms with Crippen LogP contribution in [0, 0.1) is 17.8 Å². The van der Waals surface area contributed by atoms with Crippen molar-refractivity contribution in [1.29, 1.82) is 0 Å². The fourth-order valence-corrected chi connectivity index (χ4v) is 12.1. The maximum absolute atomic E-state index is 13.9. The molecule has 0 bridgehead atoms. The van der Waals surface area contributed by atoms with E-state index in [0.29, 0.717) is 352 Å². The number of carbonyl (C=O) groups excluding carboxylic acids is 2. The minimum absolute atomic E-state index is 0.0520. The first-order valence-corrected chi connectivity index (χ1v) is 43.2. The number of amidine groups is 1. The number of ether oxygens (including phenoxy) is 25. The lowest BCUT2D eigenvalue weighted by Gasteiger charge is -2.36. The van der Waals surface area contributed by atoms with E-state index in [4.69, 9.17) is 134 Å². The van der Waals surface area contributed by atoms with Crippen molar-refractivity contribution in [1.82, 2.24) is 14.5 Å². The van der Waals surface area contributed by atoms with Crippen molar-refractivity contribution in [3.05, 3.63) is 53.6 Å². The Bertz CT molecular complexity index is 3030. The van der Waals surface area contributed by atoms with Gasteiger partial charge >= 0.3 is 0 Å². The van der Waals surface area contributed by atoms with Crippen molar-refractivity contribution in [3.63, 3.8) is 0 Å². The SMILES string of the molecule is CCCN(CC#CCNC(=O)CCOCCOCCOCCOCCOCCOCCOCCOCCOCCOCCOCCOCCOCCOCCOCCOCCOCCOCCOCCOCCOCCOCCOCCOCCOCCC(O)O)C(=O)C1=Cc2ccc(-c3cccc(S(=O)(=O)N4CC(CO)C4)c3)cc2N=C(N)C1. The summed E-state index contributed by atoms with van der Waals surface area (Å²) < 4.78 is 166. The van der Waals surface area contributed by atoms with Crippen molar-refractivity contribution in [2.24, 2.45) is 16.6 Å². The number of rotatable bonds is 87. The first-order chi connectivity index (χ1) is 59.0. The molecule has 2 aromatic carbocycles. The summed E-state index contributed by atoms with van der Waals surface area (Å²) in [7, 11) is -3.71. The van der Waals surface area contributed by atoms with Gasteiger partial charge in [0.1, 0.15) is 5.84 Å². The molecule has 1 fully saturated rings. The Morgan fingerprint density at radius 3 is 1.09 bits per heavy atom. The molecule has 2 heterocycles. The van der Waals surface area contributed by atoms with Gasteiger partial charge in [0.15, 0.2) is 6.29 Å². The third kappa shape index (κ3) is 59.0. The highest BCUT2D eigenvalue weighted by Crippen LogP contribution is 2.34. The van der Waals surface area contributed by atoms with Gasteiger partial charge in [0.05, 0.1) is 354 Å². The van der Waals surface area contributed by atoms with Crippen molar-refractivity contribution < 1.29 is 152 Å². The van der Waals surface area contributed by atoms with Crippen molar-refractivity contribution >= 4 is 39.4 Å². The summed E-state index contributed by atoms with van der Waals surface area (Å²) in [6, 6.07) is 12.2. The van der Waals surface area contributed by atoms with Crippen LogP contribution in [0.2, 0.25) is 0 Å². The molecule has 0 unspecified atom stereocenters.